The van der Waals surface area contributed by atoms with E-state index in [2.05, 4.69) is 35.4 Å². The standard InChI is InChI=1S/C31H47N7O9S3/c1-30(2)15-19(16-31(3,4)38-30)37-49(42,43)20-9-10-24-22(14-20)28(48-36-24)34-33-18-12-23(27(39)25(13-18)32-29(40)47-5)26(35-41)17-7-6-8-21(11-17)50(44,45)46/h9-10,14,17-19,21,25,27,35,37-39,41H,6-8,11-13,15-16H2,1-5H3,(H,32,40)(H,44,45,46)/b26-23-,34-33?. The molecule has 1 saturated heterocycles. The number of amides is 1. The first-order valence-electron chi connectivity index (χ1n) is 16.5. The molecular weight excluding hydrogens is 711 g/mol. The first kappa shape index (κ1) is 38.5. The van der Waals surface area contributed by atoms with Gasteiger partial charge in [0.2, 0.25) is 10.0 Å². The minimum absolute atomic E-state index is 0.0271. The Morgan fingerprint density at radius 3 is 2.44 bits per heavy atom. The zero-order valence-electron chi connectivity index (χ0n) is 28.7. The second kappa shape index (κ2) is 14.7. The van der Waals surface area contributed by atoms with Crippen LogP contribution in [0.1, 0.15) is 79.1 Å². The second-order valence-electron chi connectivity index (χ2n) is 14.8. The van der Waals surface area contributed by atoms with E-state index in [1.54, 1.807) is 6.07 Å². The molecule has 278 valence electrons. The third kappa shape index (κ3) is 8.98. The molecule has 5 atom stereocenters. The van der Waals surface area contributed by atoms with Crippen LogP contribution in [0.15, 0.2) is 44.6 Å². The maximum absolute atomic E-state index is 13.6. The van der Waals surface area contributed by atoms with Crippen molar-refractivity contribution in [2.24, 2.45) is 16.1 Å². The number of carbonyl (C=O) groups is 1. The summed E-state index contributed by atoms with van der Waals surface area (Å²) in [5.74, 6) is -0.527. The molecule has 16 nitrogen and oxygen atoms in total. The highest BCUT2D eigenvalue weighted by Gasteiger charge is 2.41. The number of piperidine rings is 1. The molecule has 1 aliphatic heterocycles. The smallest absolute Gasteiger partial charge is 0.407 e. The first-order valence-corrected chi connectivity index (χ1v) is 20.3. The number of hydroxylamine groups is 1. The van der Waals surface area contributed by atoms with Gasteiger partial charge in [0.05, 0.1) is 41.0 Å². The van der Waals surface area contributed by atoms with Crippen molar-refractivity contribution in [3.8, 4) is 0 Å². The summed E-state index contributed by atoms with van der Waals surface area (Å²) in [6.45, 7) is 8.19. The van der Waals surface area contributed by atoms with Gasteiger partial charge in [0.1, 0.15) is 0 Å². The Hall–Kier alpha value is -2.78. The molecule has 1 aromatic heterocycles. The number of nitrogens with zero attached hydrogens (tertiary/aromatic N) is 3. The molecule has 7 N–H and O–H groups in total. The van der Waals surface area contributed by atoms with Gasteiger partial charge in [-0.05, 0) is 108 Å². The predicted molar refractivity (Wildman–Crippen MR) is 186 cm³/mol. The molecule has 2 saturated carbocycles. The maximum Gasteiger partial charge on any atom is 0.407 e. The van der Waals surface area contributed by atoms with Gasteiger partial charge in [-0.25, -0.2) is 17.9 Å². The van der Waals surface area contributed by atoms with Crippen molar-refractivity contribution in [3.63, 3.8) is 0 Å². The van der Waals surface area contributed by atoms with E-state index in [4.69, 9.17) is 4.74 Å². The van der Waals surface area contributed by atoms with E-state index in [1.807, 2.05) is 27.7 Å². The van der Waals surface area contributed by atoms with E-state index in [9.17, 15) is 36.5 Å². The Morgan fingerprint density at radius 2 is 1.80 bits per heavy atom. The normalized spacial score (nSPS) is 28.8. The minimum atomic E-state index is -4.32. The van der Waals surface area contributed by atoms with Gasteiger partial charge in [-0.15, -0.1) is 5.11 Å². The van der Waals surface area contributed by atoms with Crippen LogP contribution in [0, 0.1) is 5.92 Å². The lowest BCUT2D eigenvalue weighted by Gasteiger charge is -2.46. The molecular formula is C31H47N7O9S3. The predicted octanol–water partition coefficient (Wildman–Crippen LogP) is 3.89. The molecule has 5 unspecified atom stereocenters. The van der Waals surface area contributed by atoms with Gasteiger partial charge in [-0.1, -0.05) is 6.42 Å². The topological polar surface area (TPSA) is 241 Å². The lowest BCUT2D eigenvalue weighted by Crippen LogP contribution is -2.62. The lowest BCUT2D eigenvalue weighted by molar-refractivity contribution is 0.105. The second-order valence-corrected chi connectivity index (χ2v) is 19.0. The molecule has 1 aromatic carbocycles. The molecule has 0 radical (unpaired) electrons. The van der Waals surface area contributed by atoms with E-state index >= 15 is 0 Å². The number of aliphatic hydroxyl groups excluding tert-OH is 1. The minimum Gasteiger partial charge on any atom is -0.453 e. The fourth-order valence-electron chi connectivity index (χ4n) is 7.91. The molecule has 3 fully saturated rings. The molecule has 5 rings (SSSR count). The van der Waals surface area contributed by atoms with Crippen molar-refractivity contribution in [3.05, 3.63) is 29.5 Å². The summed E-state index contributed by atoms with van der Waals surface area (Å²) in [4.78, 5) is 12.3. The summed E-state index contributed by atoms with van der Waals surface area (Å²) in [7, 11) is -7.03. The zero-order chi connectivity index (χ0) is 36.6. The van der Waals surface area contributed by atoms with E-state index in [1.165, 1.54) is 19.2 Å². The number of azo groups is 1. The summed E-state index contributed by atoms with van der Waals surface area (Å²) in [6, 6.07) is 2.85. The molecule has 19 heteroatoms. The van der Waals surface area contributed by atoms with Crippen LogP contribution in [0.4, 0.5) is 9.80 Å². The Labute approximate surface area is 296 Å². The Kier molecular flexibility index (Phi) is 11.3. The molecule has 0 spiro atoms. The van der Waals surface area contributed by atoms with Gasteiger partial charge < -0.3 is 20.5 Å². The molecule has 2 heterocycles. The maximum atomic E-state index is 13.6. The monoisotopic (exact) mass is 757 g/mol. The molecule has 2 aliphatic carbocycles. The number of sulfonamides is 1. The van der Waals surface area contributed by atoms with Crippen molar-refractivity contribution >= 4 is 53.7 Å². The average Bonchev–Trinajstić information content (AvgIpc) is 3.42. The fraction of sp³-hybridized carbons (Fsp3) is 0.677. The fourth-order valence-corrected chi connectivity index (χ4v) is 10.8. The number of allylic oxidation sites excluding steroid dienone is 1. The van der Waals surface area contributed by atoms with Crippen molar-refractivity contribution in [1.82, 2.24) is 25.2 Å². The number of hydrogen-bond donors (Lipinski definition) is 7. The van der Waals surface area contributed by atoms with Crippen LogP contribution in [0.25, 0.3) is 10.9 Å². The molecule has 3 aliphatic rings. The number of fused-ring (bicyclic) bond motifs is 1. The van der Waals surface area contributed by atoms with Crippen molar-refractivity contribution in [2.75, 3.05) is 7.11 Å². The van der Waals surface area contributed by atoms with Crippen molar-refractivity contribution < 1.29 is 41.2 Å². The number of hydrogen-bond acceptors (Lipinski definition) is 14. The number of nitrogens with one attached hydrogen (secondary N) is 4. The van der Waals surface area contributed by atoms with Crippen LogP contribution in [0.5, 0.6) is 0 Å². The van der Waals surface area contributed by atoms with E-state index < -0.39 is 55.6 Å². The first-order chi connectivity index (χ1) is 23.3. The van der Waals surface area contributed by atoms with E-state index in [0.717, 1.165) is 11.5 Å². The summed E-state index contributed by atoms with van der Waals surface area (Å²) in [6.07, 6.45) is 0.666. The molecule has 2 aromatic rings. The van der Waals surface area contributed by atoms with Crippen LogP contribution >= 0.6 is 11.5 Å². The van der Waals surface area contributed by atoms with Crippen LogP contribution in [0.3, 0.4) is 0 Å². The van der Waals surface area contributed by atoms with Gasteiger partial charge >= 0.3 is 6.09 Å². The van der Waals surface area contributed by atoms with Gasteiger partial charge in [0, 0.05) is 34.1 Å². The molecule has 1 amide bonds. The highest BCUT2D eigenvalue weighted by atomic mass is 32.2. The Balaban J connectivity index is 1.42. The number of aromatic nitrogens is 1. The van der Waals surface area contributed by atoms with Crippen molar-refractivity contribution in [2.45, 2.75) is 125 Å². The molecule has 0 bridgehead atoms. The number of aliphatic hydroxyl groups is 1. The number of rotatable bonds is 9. The van der Waals surface area contributed by atoms with Crippen LogP contribution in [-0.2, 0) is 24.9 Å². The van der Waals surface area contributed by atoms with Gasteiger partial charge in [0.15, 0.2) is 5.00 Å². The van der Waals surface area contributed by atoms with E-state index in [-0.39, 0.29) is 53.4 Å². The van der Waals surface area contributed by atoms with Crippen molar-refractivity contribution in [1.29, 1.82) is 0 Å². The summed E-state index contributed by atoms with van der Waals surface area (Å²) in [5.41, 5.74) is 2.69. The lowest BCUT2D eigenvalue weighted by atomic mass is 9.78. The Morgan fingerprint density at radius 1 is 1.10 bits per heavy atom. The quantitative estimate of drug-likeness (QED) is 0.110. The number of benzene rings is 1. The third-order valence-electron chi connectivity index (χ3n) is 9.69. The highest BCUT2D eigenvalue weighted by molar-refractivity contribution is 7.89. The van der Waals surface area contributed by atoms with Gasteiger partial charge in [-0.3, -0.25) is 15.2 Å². The zero-order valence-corrected chi connectivity index (χ0v) is 31.2. The van der Waals surface area contributed by atoms with E-state index in [0.29, 0.717) is 47.2 Å². The van der Waals surface area contributed by atoms with Crippen LogP contribution in [0.2, 0.25) is 0 Å². The van der Waals surface area contributed by atoms with Gasteiger partial charge in [-0.2, -0.15) is 17.9 Å². The van der Waals surface area contributed by atoms with Crippen LogP contribution in [-0.4, -0.2) is 89.8 Å². The third-order valence-corrected chi connectivity index (χ3v) is 13.2. The van der Waals surface area contributed by atoms with Gasteiger partial charge in [0.25, 0.3) is 10.1 Å². The average molecular weight is 758 g/mol. The summed E-state index contributed by atoms with van der Waals surface area (Å²) in [5, 5.41) is 36.5. The summed E-state index contributed by atoms with van der Waals surface area (Å²) < 4.78 is 72.7. The largest absolute Gasteiger partial charge is 0.453 e. The number of methoxy groups -OCH3 is 1. The SMILES string of the molecule is COC(=O)NC1CC(N=Nc2snc3ccc(S(=O)(=O)NC4CC(C)(C)NC(C)(C)C4)cc23)C/C(=C(/NO)C2CCCC(S(=O)(=O)O)C2)C1O. The number of carbonyl (C=O) groups excluding carboxylic acids is 1. The summed E-state index contributed by atoms with van der Waals surface area (Å²) >= 11 is 1.04. The van der Waals surface area contributed by atoms with Crippen LogP contribution < -0.4 is 20.8 Å². The molecule has 50 heavy (non-hydrogen) atoms. The Bertz CT molecular complexity index is 1840. The number of alkyl carbamates (subject to hydrolysis) is 1. The number of ether oxygens (including phenoxy) is 1. The highest BCUT2D eigenvalue weighted by Crippen LogP contribution is 2.39.